The van der Waals surface area contributed by atoms with Gasteiger partial charge in [-0.05, 0) is 48.0 Å². The van der Waals surface area contributed by atoms with E-state index in [9.17, 15) is 17.6 Å². The Hall–Kier alpha value is -2.97. The zero-order valence-electron chi connectivity index (χ0n) is 15.2. The highest BCUT2D eigenvalue weighted by atomic mass is 35.5. The van der Waals surface area contributed by atoms with Crippen molar-refractivity contribution < 1.29 is 22.3 Å². The van der Waals surface area contributed by atoms with E-state index in [1.165, 1.54) is 54.7 Å². The molecule has 150 valence electrons. The van der Waals surface area contributed by atoms with Gasteiger partial charge in [0.1, 0.15) is 11.6 Å². The molecule has 0 aliphatic heterocycles. The molecule has 6 nitrogen and oxygen atoms in total. The quantitative estimate of drug-likeness (QED) is 0.633. The van der Waals surface area contributed by atoms with Crippen LogP contribution in [0.2, 0.25) is 5.02 Å². The number of halogens is 2. The molecule has 0 atom stereocenters. The van der Waals surface area contributed by atoms with E-state index in [4.69, 9.17) is 16.3 Å². The normalized spacial score (nSPS) is 11.1. The van der Waals surface area contributed by atoms with E-state index < -0.39 is 9.84 Å². The maximum absolute atomic E-state index is 12.9. The largest absolute Gasteiger partial charge is 0.439 e. The van der Waals surface area contributed by atoms with Crippen molar-refractivity contribution in [2.45, 2.75) is 11.4 Å². The zero-order valence-corrected chi connectivity index (χ0v) is 16.8. The van der Waals surface area contributed by atoms with Crippen molar-refractivity contribution in [2.75, 3.05) is 6.26 Å². The number of benzene rings is 2. The monoisotopic (exact) mass is 434 g/mol. The van der Waals surface area contributed by atoms with Crippen molar-refractivity contribution in [3.05, 3.63) is 82.8 Å². The number of carbonyl (C=O) groups excluding carboxylic acids is 1. The highest BCUT2D eigenvalue weighted by Gasteiger charge is 2.12. The van der Waals surface area contributed by atoms with Gasteiger partial charge in [-0.3, -0.25) is 4.79 Å². The highest BCUT2D eigenvalue weighted by Crippen LogP contribution is 2.22. The van der Waals surface area contributed by atoms with Crippen LogP contribution in [0.5, 0.6) is 11.6 Å². The molecule has 0 fully saturated rings. The number of nitrogens with one attached hydrogen (secondary N) is 1. The number of ether oxygens (including phenoxy) is 1. The second kappa shape index (κ2) is 8.59. The first-order chi connectivity index (χ1) is 13.7. The predicted octanol–water partition coefficient (Wildman–Crippen LogP) is 4.00. The van der Waals surface area contributed by atoms with Gasteiger partial charge in [0.05, 0.1) is 10.5 Å². The fourth-order valence-corrected chi connectivity index (χ4v) is 3.34. The van der Waals surface area contributed by atoms with Crippen molar-refractivity contribution in [1.82, 2.24) is 10.3 Å². The highest BCUT2D eigenvalue weighted by molar-refractivity contribution is 7.90. The van der Waals surface area contributed by atoms with Gasteiger partial charge in [-0.15, -0.1) is 0 Å². The average molecular weight is 435 g/mol. The molecule has 0 saturated heterocycles. The first-order valence-corrected chi connectivity index (χ1v) is 10.7. The molecule has 0 aliphatic carbocycles. The van der Waals surface area contributed by atoms with Gasteiger partial charge in [0, 0.05) is 30.1 Å². The Morgan fingerprint density at radius 3 is 2.45 bits per heavy atom. The van der Waals surface area contributed by atoms with E-state index >= 15 is 0 Å². The summed E-state index contributed by atoms with van der Waals surface area (Å²) in [7, 11) is -3.36. The molecule has 3 aromatic rings. The number of rotatable bonds is 6. The molecule has 0 unspecified atom stereocenters. The Kier molecular flexibility index (Phi) is 6.14. The van der Waals surface area contributed by atoms with Crippen molar-refractivity contribution in [2.24, 2.45) is 0 Å². The Bertz CT molecular complexity index is 1130. The van der Waals surface area contributed by atoms with Crippen molar-refractivity contribution in [1.29, 1.82) is 0 Å². The third-order valence-electron chi connectivity index (χ3n) is 3.93. The van der Waals surface area contributed by atoms with Crippen LogP contribution in [0, 0.1) is 5.82 Å². The maximum Gasteiger partial charge on any atom is 0.253 e. The van der Waals surface area contributed by atoms with Gasteiger partial charge in [-0.2, -0.15) is 0 Å². The fourth-order valence-electron chi connectivity index (χ4n) is 2.38. The Morgan fingerprint density at radius 2 is 1.86 bits per heavy atom. The van der Waals surface area contributed by atoms with Crippen molar-refractivity contribution >= 4 is 27.3 Å². The number of aromatic nitrogens is 1. The summed E-state index contributed by atoms with van der Waals surface area (Å²) < 4.78 is 41.5. The summed E-state index contributed by atoms with van der Waals surface area (Å²) in [6, 6.07) is 12.9. The minimum absolute atomic E-state index is 0.110. The number of hydrogen-bond acceptors (Lipinski definition) is 5. The minimum Gasteiger partial charge on any atom is -0.439 e. The van der Waals surface area contributed by atoms with Crippen LogP contribution in [0.3, 0.4) is 0 Å². The molecular weight excluding hydrogens is 419 g/mol. The van der Waals surface area contributed by atoms with Gasteiger partial charge in [0.15, 0.2) is 9.84 Å². The van der Waals surface area contributed by atoms with Crippen LogP contribution in [-0.4, -0.2) is 25.6 Å². The third-order valence-corrected chi connectivity index (χ3v) is 5.39. The number of carbonyl (C=O) groups is 1. The molecular formula is C20H16ClFN2O4S. The molecule has 0 saturated carbocycles. The van der Waals surface area contributed by atoms with E-state index in [0.29, 0.717) is 16.9 Å². The molecule has 0 bridgehead atoms. The van der Waals surface area contributed by atoms with E-state index in [2.05, 4.69) is 10.3 Å². The fraction of sp³-hybridized carbons (Fsp3) is 0.100. The second-order valence-corrected chi connectivity index (χ2v) is 8.57. The average Bonchev–Trinajstić information content (AvgIpc) is 2.68. The lowest BCUT2D eigenvalue weighted by Crippen LogP contribution is -2.23. The van der Waals surface area contributed by atoms with E-state index in [1.807, 2.05) is 0 Å². The number of hydrogen-bond donors (Lipinski definition) is 1. The first kappa shape index (κ1) is 20.8. The molecule has 0 radical (unpaired) electrons. The van der Waals surface area contributed by atoms with Crippen LogP contribution in [0.1, 0.15) is 15.9 Å². The van der Waals surface area contributed by atoms with Crippen LogP contribution < -0.4 is 10.1 Å². The standard InChI is InChI=1S/C20H16ClFN2O4S/c1-29(26,27)17-8-2-13(18(21)10-17)11-24-20(25)14-3-9-19(23-12-14)28-16-6-4-15(22)5-7-16/h2-10,12H,11H2,1H3,(H,24,25). The van der Waals surface area contributed by atoms with Gasteiger partial charge >= 0.3 is 0 Å². The van der Waals surface area contributed by atoms with Gasteiger partial charge in [0.25, 0.3) is 5.91 Å². The summed E-state index contributed by atoms with van der Waals surface area (Å²) in [5.41, 5.74) is 0.886. The zero-order chi connectivity index (χ0) is 21.0. The van der Waals surface area contributed by atoms with Crippen LogP contribution >= 0.6 is 11.6 Å². The van der Waals surface area contributed by atoms with Gasteiger partial charge in [0.2, 0.25) is 5.88 Å². The summed E-state index contributed by atoms with van der Waals surface area (Å²) in [4.78, 5) is 16.5. The Labute approximate surface area is 172 Å². The Balaban J connectivity index is 1.61. The molecule has 0 aliphatic rings. The number of amides is 1. The number of pyridine rings is 1. The molecule has 1 N–H and O–H groups in total. The van der Waals surface area contributed by atoms with Gasteiger partial charge < -0.3 is 10.1 Å². The summed E-state index contributed by atoms with van der Waals surface area (Å²) in [5, 5.41) is 2.94. The lowest BCUT2D eigenvalue weighted by molar-refractivity contribution is 0.0950. The van der Waals surface area contributed by atoms with E-state index in [0.717, 1.165) is 6.26 Å². The molecule has 3 rings (SSSR count). The second-order valence-electron chi connectivity index (χ2n) is 6.15. The van der Waals surface area contributed by atoms with E-state index in [1.54, 1.807) is 6.07 Å². The number of sulfone groups is 1. The summed E-state index contributed by atoms with van der Waals surface area (Å²) in [6.07, 6.45) is 2.44. The Morgan fingerprint density at radius 1 is 1.14 bits per heavy atom. The molecule has 1 heterocycles. The number of nitrogens with zero attached hydrogens (tertiary/aromatic N) is 1. The topological polar surface area (TPSA) is 85.4 Å². The van der Waals surface area contributed by atoms with Gasteiger partial charge in [-0.1, -0.05) is 17.7 Å². The van der Waals surface area contributed by atoms with Crippen LogP contribution in [0.4, 0.5) is 4.39 Å². The van der Waals surface area contributed by atoms with Crippen LogP contribution in [-0.2, 0) is 16.4 Å². The minimum atomic E-state index is -3.36. The lowest BCUT2D eigenvalue weighted by Gasteiger charge is -2.09. The summed E-state index contributed by atoms with van der Waals surface area (Å²) >= 11 is 6.10. The SMILES string of the molecule is CS(=O)(=O)c1ccc(CNC(=O)c2ccc(Oc3ccc(F)cc3)nc2)c(Cl)c1. The third kappa shape index (κ3) is 5.52. The maximum atomic E-state index is 12.9. The van der Waals surface area contributed by atoms with E-state index in [-0.39, 0.29) is 34.1 Å². The van der Waals surface area contributed by atoms with Crippen LogP contribution in [0.25, 0.3) is 0 Å². The van der Waals surface area contributed by atoms with Crippen molar-refractivity contribution in [3.8, 4) is 11.6 Å². The molecule has 9 heteroatoms. The molecule has 0 spiro atoms. The molecule has 1 aromatic heterocycles. The predicted molar refractivity (Wildman–Crippen MR) is 106 cm³/mol. The molecule has 29 heavy (non-hydrogen) atoms. The first-order valence-electron chi connectivity index (χ1n) is 8.38. The summed E-state index contributed by atoms with van der Waals surface area (Å²) in [6.45, 7) is 0.121. The van der Waals surface area contributed by atoms with Crippen LogP contribution in [0.15, 0.2) is 65.7 Å². The summed E-state index contributed by atoms with van der Waals surface area (Å²) in [5.74, 6) is -0.0756. The van der Waals surface area contributed by atoms with Crippen molar-refractivity contribution in [3.63, 3.8) is 0 Å². The molecule has 1 amide bonds. The molecule has 2 aromatic carbocycles. The smallest absolute Gasteiger partial charge is 0.253 e. The van der Waals surface area contributed by atoms with Gasteiger partial charge in [-0.25, -0.2) is 17.8 Å². The lowest BCUT2D eigenvalue weighted by atomic mass is 10.2.